The second kappa shape index (κ2) is 7.45. The predicted molar refractivity (Wildman–Crippen MR) is 88.5 cm³/mol. The molecular formula is C15H21N3O2S. The van der Waals surface area contributed by atoms with Crippen molar-refractivity contribution in [3.05, 3.63) is 33.9 Å². The lowest BCUT2D eigenvalue weighted by Crippen LogP contribution is -2.25. The zero-order chi connectivity index (χ0) is 15.2. The Morgan fingerprint density at radius 2 is 2.24 bits per heavy atom. The van der Waals surface area contributed by atoms with E-state index in [1.165, 1.54) is 25.3 Å². The number of non-ortho nitro benzene ring substituents is 1. The van der Waals surface area contributed by atoms with Gasteiger partial charge in [0.15, 0.2) is 5.17 Å². The molecule has 1 aromatic rings. The van der Waals surface area contributed by atoms with Crippen molar-refractivity contribution in [1.29, 1.82) is 0 Å². The Morgan fingerprint density at radius 1 is 1.43 bits per heavy atom. The average molecular weight is 307 g/mol. The van der Waals surface area contributed by atoms with Crippen LogP contribution in [0.15, 0.2) is 23.2 Å². The fourth-order valence-electron chi connectivity index (χ4n) is 2.28. The smallest absolute Gasteiger partial charge is 0.269 e. The van der Waals surface area contributed by atoms with E-state index in [1.807, 2.05) is 6.92 Å². The fraction of sp³-hybridized carbons (Fsp3) is 0.533. The standard InChI is InChI=1S/C15H21N3O2S/c1-3-4-5-8-17-9-10-21-15(17)16-14-7-6-13(18(19)20)11-12(14)2/h6-7,11H,3-5,8-10H2,1-2H3. The van der Waals surface area contributed by atoms with Crippen LogP contribution < -0.4 is 0 Å². The molecule has 0 bridgehead atoms. The molecule has 1 aromatic carbocycles. The molecular weight excluding hydrogens is 286 g/mol. The van der Waals surface area contributed by atoms with Crippen LogP contribution >= 0.6 is 11.8 Å². The molecule has 1 saturated heterocycles. The molecule has 1 aliphatic heterocycles. The number of rotatable bonds is 6. The van der Waals surface area contributed by atoms with Gasteiger partial charge in [0.1, 0.15) is 0 Å². The van der Waals surface area contributed by atoms with Gasteiger partial charge in [0.2, 0.25) is 0 Å². The van der Waals surface area contributed by atoms with Crippen molar-refractivity contribution in [2.24, 2.45) is 4.99 Å². The van der Waals surface area contributed by atoms with Gasteiger partial charge in [-0.1, -0.05) is 31.5 Å². The summed E-state index contributed by atoms with van der Waals surface area (Å²) < 4.78 is 0. The largest absolute Gasteiger partial charge is 0.350 e. The predicted octanol–water partition coefficient (Wildman–Crippen LogP) is 4.13. The van der Waals surface area contributed by atoms with Crippen LogP contribution in [0, 0.1) is 17.0 Å². The van der Waals surface area contributed by atoms with E-state index < -0.39 is 0 Å². The minimum atomic E-state index is -0.370. The van der Waals surface area contributed by atoms with Crippen molar-refractivity contribution in [3.63, 3.8) is 0 Å². The summed E-state index contributed by atoms with van der Waals surface area (Å²) in [4.78, 5) is 17.4. The van der Waals surface area contributed by atoms with Crippen LogP contribution in [0.2, 0.25) is 0 Å². The van der Waals surface area contributed by atoms with Gasteiger partial charge in [-0.05, 0) is 25.0 Å². The van der Waals surface area contributed by atoms with Crippen LogP contribution in [0.3, 0.4) is 0 Å². The van der Waals surface area contributed by atoms with Crippen molar-refractivity contribution in [3.8, 4) is 0 Å². The highest BCUT2D eigenvalue weighted by Crippen LogP contribution is 2.27. The van der Waals surface area contributed by atoms with Crippen LogP contribution in [0.25, 0.3) is 0 Å². The maximum absolute atomic E-state index is 10.8. The van der Waals surface area contributed by atoms with E-state index >= 15 is 0 Å². The summed E-state index contributed by atoms with van der Waals surface area (Å²) in [7, 11) is 0. The summed E-state index contributed by atoms with van der Waals surface area (Å²) in [6.07, 6.45) is 3.65. The average Bonchev–Trinajstić information content (AvgIpc) is 2.88. The summed E-state index contributed by atoms with van der Waals surface area (Å²) in [6, 6.07) is 4.84. The molecule has 0 amide bonds. The van der Waals surface area contributed by atoms with E-state index in [2.05, 4.69) is 11.8 Å². The summed E-state index contributed by atoms with van der Waals surface area (Å²) in [5.41, 5.74) is 1.79. The molecule has 0 aliphatic carbocycles. The second-order valence-corrected chi connectivity index (χ2v) is 6.23. The van der Waals surface area contributed by atoms with Crippen molar-refractivity contribution >= 4 is 28.3 Å². The topological polar surface area (TPSA) is 58.7 Å². The first-order valence-electron chi connectivity index (χ1n) is 7.33. The van der Waals surface area contributed by atoms with E-state index in [0.717, 1.165) is 35.3 Å². The molecule has 0 spiro atoms. The third kappa shape index (κ3) is 4.20. The number of nitro groups is 1. The molecule has 0 saturated carbocycles. The van der Waals surface area contributed by atoms with Crippen LogP contribution in [0.4, 0.5) is 11.4 Å². The quantitative estimate of drug-likeness (QED) is 0.450. The molecule has 114 valence electrons. The molecule has 0 radical (unpaired) electrons. The van der Waals surface area contributed by atoms with E-state index in [-0.39, 0.29) is 10.6 Å². The monoisotopic (exact) mass is 307 g/mol. The summed E-state index contributed by atoms with van der Waals surface area (Å²) >= 11 is 1.76. The summed E-state index contributed by atoms with van der Waals surface area (Å²) in [5.74, 6) is 1.07. The van der Waals surface area contributed by atoms with Gasteiger partial charge in [0, 0.05) is 31.0 Å². The fourth-order valence-corrected chi connectivity index (χ4v) is 3.30. The molecule has 1 fully saturated rings. The summed E-state index contributed by atoms with van der Waals surface area (Å²) in [5, 5.41) is 11.8. The van der Waals surface area contributed by atoms with Crippen LogP contribution in [0.5, 0.6) is 0 Å². The van der Waals surface area contributed by atoms with Gasteiger partial charge in [0.05, 0.1) is 10.6 Å². The van der Waals surface area contributed by atoms with Gasteiger partial charge in [-0.2, -0.15) is 0 Å². The number of nitrogens with zero attached hydrogens (tertiary/aromatic N) is 3. The Morgan fingerprint density at radius 3 is 2.90 bits per heavy atom. The number of hydrogen-bond donors (Lipinski definition) is 0. The normalized spacial score (nSPS) is 16.7. The third-order valence-corrected chi connectivity index (χ3v) is 4.50. The van der Waals surface area contributed by atoms with E-state index in [4.69, 9.17) is 4.99 Å². The van der Waals surface area contributed by atoms with E-state index in [0.29, 0.717) is 0 Å². The molecule has 0 N–H and O–H groups in total. The Balaban J connectivity index is 2.12. The zero-order valence-electron chi connectivity index (χ0n) is 12.5. The molecule has 2 rings (SSSR count). The molecule has 1 aliphatic rings. The van der Waals surface area contributed by atoms with E-state index in [1.54, 1.807) is 23.9 Å². The highest BCUT2D eigenvalue weighted by Gasteiger charge is 2.19. The Hall–Kier alpha value is -1.56. The lowest BCUT2D eigenvalue weighted by atomic mass is 10.2. The molecule has 0 unspecified atom stereocenters. The van der Waals surface area contributed by atoms with E-state index in [9.17, 15) is 10.1 Å². The van der Waals surface area contributed by atoms with Gasteiger partial charge >= 0.3 is 0 Å². The molecule has 0 aromatic heterocycles. The number of unbranched alkanes of at least 4 members (excludes halogenated alkanes) is 2. The summed E-state index contributed by atoms with van der Waals surface area (Å²) in [6.45, 7) is 6.16. The van der Waals surface area contributed by atoms with Gasteiger partial charge in [-0.25, -0.2) is 4.99 Å². The number of hydrogen-bond acceptors (Lipinski definition) is 4. The lowest BCUT2D eigenvalue weighted by molar-refractivity contribution is -0.384. The number of aliphatic imine (C=N–C) groups is 1. The zero-order valence-corrected chi connectivity index (χ0v) is 13.4. The Bertz CT molecular complexity index is 546. The number of aryl methyl sites for hydroxylation is 1. The Labute approximate surface area is 129 Å². The van der Waals surface area contributed by atoms with Gasteiger partial charge < -0.3 is 4.90 Å². The molecule has 1 heterocycles. The molecule has 0 atom stereocenters. The number of benzene rings is 1. The van der Waals surface area contributed by atoms with Crippen molar-refractivity contribution < 1.29 is 4.92 Å². The van der Waals surface area contributed by atoms with Gasteiger partial charge in [0.25, 0.3) is 5.69 Å². The first-order chi connectivity index (χ1) is 10.1. The van der Waals surface area contributed by atoms with Gasteiger partial charge in [-0.3, -0.25) is 10.1 Å². The maximum Gasteiger partial charge on any atom is 0.269 e. The molecule has 5 nitrogen and oxygen atoms in total. The maximum atomic E-state index is 10.8. The van der Waals surface area contributed by atoms with Crippen LogP contribution in [-0.2, 0) is 0 Å². The molecule has 21 heavy (non-hydrogen) atoms. The molecule has 6 heteroatoms. The number of thioether (sulfide) groups is 1. The minimum absolute atomic E-state index is 0.121. The SMILES string of the molecule is CCCCCN1CCSC1=Nc1ccc([N+](=O)[O-])cc1C. The lowest BCUT2D eigenvalue weighted by Gasteiger charge is -2.17. The van der Waals surface area contributed by atoms with Crippen LogP contribution in [0.1, 0.15) is 31.7 Å². The first-order valence-corrected chi connectivity index (χ1v) is 8.32. The minimum Gasteiger partial charge on any atom is -0.350 e. The number of amidine groups is 1. The highest BCUT2D eigenvalue weighted by atomic mass is 32.2. The van der Waals surface area contributed by atoms with Gasteiger partial charge in [-0.15, -0.1) is 0 Å². The first kappa shape index (κ1) is 15.8. The van der Waals surface area contributed by atoms with Crippen molar-refractivity contribution in [2.45, 2.75) is 33.1 Å². The second-order valence-electron chi connectivity index (χ2n) is 5.16. The van der Waals surface area contributed by atoms with Crippen molar-refractivity contribution in [2.75, 3.05) is 18.8 Å². The highest BCUT2D eigenvalue weighted by molar-refractivity contribution is 8.14. The van der Waals surface area contributed by atoms with Crippen molar-refractivity contribution in [1.82, 2.24) is 4.90 Å². The van der Waals surface area contributed by atoms with Crippen LogP contribution in [-0.4, -0.2) is 33.8 Å². The number of nitro benzene ring substituents is 1. The third-order valence-electron chi connectivity index (χ3n) is 3.50. The Kier molecular flexibility index (Phi) is 5.61.